The van der Waals surface area contributed by atoms with Crippen LogP contribution in [0.25, 0.3) is 0 Å². The molecule has 0 fully saturated rings. The van der Waals surface area contributed by atoms with Crippen LogP contribution >= 0.6 is 0 Å². The van der Waals surface area contributed by atoms with Gasteiger partial charge in [0.05, 0.1) is 0 Å². The monoisotopic (exact) mass is 94.0 g/mol. The largest absolute Gasteiger partial charge is 0.369 e. The van der Waals surface area contributed by atoms with E-state index in [0.29, 0.717) is 0 Å². The Labute approximate surface area is 43.4 Å². The molecule has 0 aliphatic heterocycles. The van der Waals surface area contributed by atoms with Crippen molar-refractivity contribution in [1.82, 2.24) is 0 Å². The lowest BCUT2D eigenvalue weighted by molar-refractivity contribution is 0.290. The van der Waals surface area contributed by atoms with Crippen LogP contribution in [0.1, 0.15) is 6.92 Å². The Morgan fingerprint density at radius 2 is 2.29 bits per heavy atom. The Morgan fingerprint density at radius 1 is 1.71 bits per heavy atom. The topological polar surface area (TPSA) is 20.2 Å². The molecule has 0 bridgehead atoms. The Morgan fingerprint density at radius 3 is 2.43 bits per heavy atom. The van der Waals surface area contributed by atoms with Crippen molar-refractivity contribution in [3.8, 4) is 24.2 Å². The van der Waals surface area contributed by atoms with Crippen molar-refractivity contribution in [1.29, 1.82) is 0 Å². The first-order valence-electron chi connectivity index (χ1n) is 1.87. The van der Waals surface area contributed by atoms with Gasteiger partial charge in [0, 0.05) is 0 Å². The number of aliphatic hydroxyl groups excluding tert-OH is 1. The third kappa shape index (κ3) is 2.89. The molecule has 1 nitrogen and oxygen atoms in total. The molecule has 1 heteroatoms. The lowest BCUT2D eigenvalue weighted by atomic mass is 10.4. The second kappa shape index (κ2) is 3.28. The van der Waals surface area contributed by atoms with Gasteiger partial charge in [0.2, 0.25) is 0 Å². The Kier molecular flexibility index (Phi) is 2.85. The van der Waals surface area contributed by atoms with Crippen molar-refractivity contribution < 1.29 is 5.11 Å². The van der Waals surface area contributed by atoms with E-state index in [4.69, 9.17) is 11.5 Å². The second-order valence-corrected chi connectivity index (χ2v) is 0.964. The average Bonchev–Trinajstić information content (AvgIpc) is 1.68. The van der Waals surface area contributed by atoms with Crippen molar-refractivity contribution in [3.05, 3.63) is 0 Å². The average molecular weight is 94.1 g/mol. The van der Waals surface area contributed by atoms with Crippen molar-refractivity contribution in [2.45, 2.75) is 13.0 Å². The van der Waals surface area contributed by atoms with Gasteiger partial charge >= 0.3 is 0 Å². The van der Waals surface area contributed by atoms with Gasteiger partial charge in [0.15, 0.2) is 6.10 Å². The number of terminal acetylenes is 1. The summed E-state index contributed by atoms with van der Waals surface area (Å²) >= 11 is 0. The number of hydrogen-bond donors (Lipinski definition) is 1. The SMILES string of the molecule is C#CC(O)C#CC. The van der Waals surface area contributed by atoms with Gasteiger partial charge in [0.25, 0.3) is 0 Å². The minimum atomic E-state index is -0.884. The molecular formula is C6H6O. The predicted molar refractivity (Wildman–Crippen MR) is 28.3 cm³/mol. The first kappa shape index (κ1) is 6.08. The molecule has 1 N–H and O–H groups in total. The van der Waals surface area contributed by atoms with Crippen LogP contribution in [0.2, 0.25) is 0 Å². The molecule has 0 aliphatic rings. The molecule has 1 unspecified atom stereocenters. The van der Waals surface area contributed by atoms with E-state index < -0.39 is 6.10 Å². The summed E-state index contributed by atoms with van der Waals surface area (Å²) in [7, 11) is 0. The van der Waals surface area contributed by atoms with Crippen LogP contribution in [-0.4, -0.2) is 11.2 Å². The molecule has 0 aromatic rings. The quantitative estimate of drug-likeness (QED) is 0.419. The lowest BCUT2D eigenvalue weighted by Gasteiger charge is -1.82. The van der Waals surface area contributed by atoms with Crippen LogP contribution in [0.3, 0.4) is 0 Å². The maximum atomic E-state index is 8.45. The Bertz CT molecular complexity index is 130. The van der Waals surface area contributed by atoms with Gasteiger partial charge < -0.3 is 5.11 Å². The minimum Gasteiger partial charge on any atom is -0.369 e. The first-order chi connectivity index (χ1) is 3.31. The summed E-state index contributed by atoms with van der Waals surface area (Å²) in [5, 5.41) is 8.45. The summed E-state index contributed by atoms with van der Waals surface area (Å²) < 4.78 is 0. The van der Waals surface area contributed by atoms with E-state index >= 15 is 0 Å². The number of hydrogen-bond acceptors (Lipinski definition) is 1. The molecule has 0 heterocycles. The smallest absolute Gasteiger partial charge is 0.176 e. The maximum Gasteiger partial charge on any atom is 0.176 e. The highest BCUT2D eigenvalue weighted by Gasteiger charge is 1.83. The maximum absolute atomic E-state index is 8.45. The fraction of sp³-hybridized carbons (Fsp3) is 0.333. The lowest BCUT2D eigenvalue weighted by Crippen LogP contribution is -1.95. The summed E-state index contributed by atoms with van der Waals surface area (Å²) in [5.41, 5.74) is 0. The standard InChI is InChI=1S/C6H6O/c1-3-5-6(7)4-2/h2,6-7H,1H3. The van der Waals surface area contributed by atoms with Gasteiger partial charge in [-0.25, -0.2) is 0 Å². The van der Waals surface area contributed by atoms with Gasteiger partial charge in [0.1, 0.15) is 0 Å². The molecule has 0 aromatic carbocycles. The summed E-state index contributed by atoms with van der Waals surface area (Å²) in [6, 6.07) is 0. The van der Waals surface area contributed by atoms with Crippen molar-refractivity contribution in [3.63, 3.8) is 0 Å². The molecular weight excluding hydrogens is 88.1 g/mol. The molecule has 0 amide bonds. The van der Waals surface area contributed by atoms with Crippen LogP contribution in [0.15, 0.2) is 0 Å². The molecule has 0 radical (unpaired) electrons. The third-order valence-corrected chi connectivity index (χ3v) is 0.439. The molecule has 36 valence electrons. The molecule has 7 heavy (non-hydrogen) atoms. The van der Waals surface area contributed by atoms with E-state index in [-0.39, 0.29) is 0 Å². The zero-order chi connectivity index (χ0) is 5.70. The second-order valence-electron chi connectivity index (χ2n) is 0.964. The molecule has 0 spiro atoms. The number of rotatable bonds is 0. The van der Waals surface area contributed by atoms with Crippen molar-refractivity contribution in [2.24, 2.45) is 0 Å². The van der Waals surface area contributed by atoms with Crippen molar-refractivity contribution >= 4 is 0 Å². The predicted octanol–water partition coefficient (Wildman–Crippen LogP) is 0.00380. The molecule has 0 saturated heterocycles. The zero-order valence-corrected chi connectivity index (χ0v) is 4.10. The summed E-state index contributed by atoms with van der Waals surface area (Å²) in [6.07, 6.45) is 3.87. The zero-order valence-electron chi connectivity index (χ0n) is 4.10. The highest BCUT2D eigenvalue weighted by Crippen LogP contribution is 1.70. The van der Waals surface area contributed by atoms with Crippen molar-refractivity contribution in [2.75, 3.05) is 0 Å². The van der Waals surface area contributed by atoms with E-state index in [1.54, 1.807) is 6.92 Å². The highest BCUT2D eigenvalue weighted by atomic mass is 16.3. The van der Waals surface area contributed by atoms with Crippen LogP contribution in [-0.2, 0) is 0 Å². The fourth-order valence-electron chi connectivity index (χ4n) is 0.178. The van der Waals surface area contributed by atoms with E-state index in [1.165, 1.54) is 0 Å². The van der Waals surface area contributed by atoms with Gasteiger partial charge in [-0.05, 0) is 6.92 Å². The van der Waals surface area contributed by atoms with Crippen LogP contribution in [0, 0.1) is 24.2 Å². The van der Waals surface area contributed by atoms with Crippen LogP contribution in [0.4, 0.5) is 0 Å². The highest BCUT2D eigenvalue weighted by molar-refractivity contribution is 5.14. The molecule has 1 atom stereocenters. The van der Waals surface area contributed by atoms with Gasteiger partial charge in [-0.1, -0.05) is 11.8 Å². The first-order valence-corrected chi connectivity index (χ1v) is 1.87. The van der Waals surface area contributed by atoms with Crippen LogP contribution in [0.5, 0.6) is 0 Å². The molecule has 0 rings (SSSR count). The van der Waals surface area contributed by atoms with Gasteiger partial charge in [-0.15, -0.1) is 12.3 Å². The fourth-order valence-corrected chi connectivity index (χ4v) is 0.178. The molecule has 0 aromatic heterocycles. The van der Waals surface area contributed by atoms with Gasteiger partial charge in [-0.2, -0.15) is 0 Å². The summed E-state index contributed by atoms with van der Waals surface area (Å²) in [5.74, 6) is 6.89. The number of aliphatic hydroxyl groups is 1. The molecule has 0 aliphatic carbocycles. The molecule has 0 saturated carbocycles. The van der Waals surface area contributed by atoms with E-state index in [1.807, 2.05) is 5.92 Å². The third-order valence-electron chi connectivity index (χ3n) is 0.439. The summed E-state index contributed by atoms with van der Waals surface area (Å²) in [6.45, 7) is 1.63. The Hall–Kier alpha value is -0.920. The van der Waals surface area contributed by atoms with E-state index in [0.717, 1.165) is 0 Å². The Balaban J connectivity index is 3.57. The minimum absolute atomic E-state index is 0.884. The van der Waals surface area contributed by atoms with E-state index in [9.17, 15) is 0 Å². The van der Waals surface area contributed by atoms with E-state index in [2.05, 4.69) is 11.8 Å². The normalized spacial score (nSPS) is 10.4. The van der Waals surface area contributed by atoms with Gasteiger partial charge in [-0.3, -0.25) is 0 Å². The van der Waals surface area contributed by atoms with Crippen LogP contribution < -0.4 is 0 Å². The summed E-state index contributed by atoms with van der Waals surface area (Å²) in [4.78, 5) is 0.